The van der Waals surface area contributed by atoms with Crippen LogP contribution in [0.25, 0.3) is 0 Å². The van der Waals surface area contributed by atoms with E-state index >= 15 is 0 Å². The second-order valence-corrected chi connectivity index (χ2v) is 2.37. The average molecular weight is 124 g/mol. The molecule has 1 aliphatic carbocycles. The Balaban J connectivity index is 2.27. The molecule has 0 aromatic heterocycles. The van der Waals surface area contributed by atoms with Gasteiger partial charge in [-0.15, -0.1) is 0 Å². The second kappa shape index (κ2) is 2.06. The fourth-order valence-electron chi connectivity index (χ4n) is 0.939. The Morgan fingerprint density at radius 1 is 1.89 bits per heavy atom. The number of hydrogen-bond donors (Lipinski definition) is 1. The maximum absolute atomic E-state index is 10.4. The number of amides is 1. The summed E-state index contributed by atoms with van der Waals surface area (Å²) in [6, 6.07) is 2.01. The highest BCUT2D eigenvalue weighted by Gasteiger charge is 2.41. The summed E-state index contributed by atoms with van der Waals surface area (Å²) in [6.45, 7) is 0. The molecule has 9 heavy (non-hydrogen) atoms. The molecule has 3 heteroatoms. The summed E-state index contributed by atoms with van der Waals surface area (Å²) in [5.41, 5.74) is 4.97. The molecule has 1 rings (SSSR count). The number of carbonyl (C=O) groups is 1. The maximum Gasteiger partial charge on any atom is 0.220 e. The van der Waals surface area contributed by atoms with Crippen LogP contribution in [0.15, 0.2) is 0 Å². The highest BCUT2D eigenvalue weighted by atomic mass is 16.1. The van der Waals surface area contributed by atoms with Crippen molar-refractivity contribution in [2.24, 2.45) is 17.6 Å². The van der Waals surface area contributed by atoms with Crippen molar-refractivity contribution in [1.29, 1.82) is 5.26 Å². The smallest absolute Gasteiger partial charge is 0.220 e. The van der Waals surface area contributed by atoms with Crippen LogP contribution in [0.5, 0.6) is 0 Å². The third-order valence-corrected chi connectivity index (χ3v) is 1.64. The normalized spacial score (nSPS) is 31.0. The zero-order chi connectivity index (χ0) is 6.85. The molecule has 0 saturated heterocycles. The van der Waals surface area contributed by atoms with Gasteiger partial charge in [-0.3, -0.25) is 4.79 Å². The highest BCUT2D eigenvalue weighted by molar-refractivity contribution is 5.79. The molecule has 0 aromatic carbocycles. The molecule has 2 N–H and O–H groups in total. The number of nitrogens with two attached hydrogens (primary N) is 1. The van der Waals surface area contributed by atoms with E-state index in [2.05, 4.69) is 0 Å². The number of hydrogen-bond acceptors (Lipinski definition) is 2. The largest absolute Gasteiger partial charge is 0.369 e. The average Bonchev–Trinajstić information content (AvgIpc) is 2.47. The van der Waals surface area contributed by atoms with E-state index < -0.39 is 0 Å². The Kier molecular flexibility index (Phi) is 1.39. The van der Waals surface area contributed by atoms with Gasteiger partial charge in [-0.2, -0.15) is 5.26 Å². The standard InChI is InChI=1S/C6H8N2O/c7-2-1-4-3-5(4)6(8)9/h4-5H,1,3H2,(H2,8,9). The van der Waals surface area contributed by atoms with Crippen molar-refractivity contribution in [1.82, 2.24) is 0 Å². The van der Waals surface area contributed by atoms with Gasteiger partial charge in [0.15, 0.2) is 0 Å². The van der Waals surface area contributed by atoms with E-state index in [9.17, 15) is 4.79 Å². The lowest BCUT2D eigenvalue weighted by Crippen LogP contribution is -2.13. The summed E-state index contributed by atoms with van der Waals surface area (Å²) in [7, 11) is 0. The number of carbonyl (C=O) groups excluding carboxylic acids is 1. The van der Waals surface area contributed by atoms with Crippen LogP contribution in [0.2, 0.25) is 0 Å². The minimum absolute atomic E-state index is 0.00431. The van der Waals surface area contributed by atoms with E-state index in [-0.39, 0.29) is 17.7 Å². The van der Waals surface area contributed by atoms with Gasteiger partial charge in [-0.1, -0.05) is 0 Å². The van der Waals surface area contributed by atoms with Crippen molar-refractivity contribution < 1.29 is 4.79 Å². The monoisotopic (exact) mass is 124 g/mol. The fraction of sp³-hybridized carbons (Fsp3) is 0.667. The Hall–Kier alpha value is -1.04. The summed E-state index contributed by atoms with van der Waals surface area (Å²) in [5, 5.41) is 8.17. The molecule has 0 radical (unpaired) electrons. The molecule has 1 fully saturated rings. The molecule has 0 heterocycles. The summed E-state index contributed by atoms with van der Waals surface area (Å²) < 4.78 is 0. The number of nitriles is 1. The Morgan fingerprint density at radius 2 is 2.56 bits per heavy atom. The minimum atomic E-state index is -0.254. The third kappa shape index (κ3) is 1.20. The van der Waals surface area contributed by atoms with E-state index in [4.69, 9.17) is 11.0 Å². The van der Waals surface area contributed by atoms with Crippen LogP contribution >= 0.6 is 0 Å². The fourth-order valence-corrected chi connectivity index (χ4v) is 0.939. The maximum atomic E-state index is 10.4. The van der Waals surface area contributed by atoms with Gasteiger partial charge in [0.05, 0.1) is 6.07 Å². The van der Waals surface area contributed by atoms with Crippen LogP contribution in [0.4, 0.5) is 0 Å². The summed E-state index contributed by atoms with van der Waals surface area (Å²) in [5.74, 6) is 0.0207. The summed E-state index contributed by atoms with van der Waals surface area (Å²) in [4.78, 5) is 10.4. The first-order valence-electron chi connectivity index (χ1n) is 2.92. The van der Waals surface area contributed by atoms with Gasteiger partial charge in [0.2, 0.25) is 5.91 Å². The molecule has 2 unspecified atom stereocenters. The Morgan fingerprint density at radius 3 is 2.89 bits per heavy atom. The van der Waals surface area contributed by atoms with E-state index in [1.807, 2.05) is 6.07 Å². The van der Waals surface area contributed by atoms with Gasteiger partial charge in [0, 0.05) is 12.3 Å². The first-order valence-corrected chi connectivity index (χ1v) is 2.92. The molecule has 0 aromatic rings. The third-order valence-electron chi connectivity index (χ3n) is 1.64. The Labute approximate surface area is 53.5 Å². The lowest BCUT2D eigenvalue weighted by atomic mass is 10.2. The molecule has 1 saturated carbocycles. The molecule has 1 amide bonds. The first-order chi connectivity index (χ1) is 4.25. The van der Waals surface area contributed by atoms with Gasteiger partial charge in [0.1, 0.15) is 0 Å². The van der Waals surface area contributed by atoms with Crippen LogP contribution in [-0.4, -0.2) is 5.91 Å². The minimum Gasteiger partial charge on any atom is -0.369 e. The van der Waals surface area contributed by atoms with Crippen LogP contribution in [0.1, 0.15) is 12.8 Å². The summed E-state index contributed by atoms with van der Waals surface area (Å²) >= 11 is 0. The van der Waals surface area contributed by atoms with Gasteiger partial charge in [-0.05, 0) is 12.3 Å². The van der Waals surface area contributed by atoms with Crippen molar-refractivity contribution in [3.05, 3.63) is 0 Å². The zero-order valence-electron chi connectivity index (χ0n) is 5.00. The van der Waals surface area contributed by atoms with Crippen LogP contribution < -0.4 is 5.73 Å². The van der Waals surface area contributed by atoms with Gasteiger partial charge < -0.3 is 5.73 Å². The van der Waals surface area contributed by atoms with E-state index in [1.54, 1.807) is 0 Å². The predicted octanol–water partition coefficient (Wildman–Crippen LogP) is 0.0215. The molecule has 0 bridgehead atoms. The molecule has 3 nitrogen and oxygen atoms in total. The lowest BCUT2D eigenvalue weighted by molar-refractivity contribution is -0.119. The van der Waals surface area contributed by atoms with E-state index in [0.29, 0.717) is 6.42 Å². The van der Waals surface area contributed by atoms with Crippen molar-refractivity contribution in [2.45, 2.75) is 12.8 Å². The van der Waals surface area contributed by atoms with E-state index in [0.717, 1.165) is 6.42 Å². The molecule has 48 valence electrons. The SMILES string of the molecule is N#CCC1CC1C(N)=O. The van der Waals surface area contributed by atoms with Crippen LogP contribution in [0.3, 0.4) is 0 Å². The van der Waals surface area contributed by atoms with Gasteiger partial charge in [-0.25, -0.2) is 0 Å². The van der Waals surface area contributed by atoms with Crippen molar-refractivity contribution in [3.8, 4) is 6.07 Å². The Bertz CT molecular complexity index is 170. The quantitative estimate of drug-likeness (QED) is 0.564. The zero-order valence-corrected chi connectivity index (χ0v) is 5.00. The van der Waals surface area contributed by atoms with Crippen LogP contribution in [-0.2, 0) is 4.79 Å². The number of rotatable bonds is 2. The first kappa shape index (κ1) is 6.09. The summed E-state index contributed by atoms with van der Waals surface area (Å²) in [6.07, 6.45) is 1.30. The van der Waals surface area contributed by atoms with Gasteiger partial charge >= 0.3 is 0 Å². The number of primary amides is 1. The highest BCUT2D eigenvalue weighted by Crippen LogP contribution is 2.40. The van der Waals surface area contributed by atoms with Crippen molar-refractivity contribution in [2.75, 3.05) is 0 Å². The molecule has 2 atom stereocenters. The predicted molar refractivity (Wildman–Crippen MR) is 31.0 cm³/mol. The molecule has 0 spiro atoms. The van der Waals surface area contributed by atoms with Gasteiger partial charge in [0.25, 0.3) is 0 Å². The molecule has 0 aliphatic heterocycles. The van der Waals surface area contributed by atoms with Crippen molar-refractivity contribution in [3.63, 3.8) is 0 Å². The lowest BCUT2D eigenvalue weighted by Gasteiger charge is -1.84. The number of nitrogens with zero attached hydrogens (tertiary/aromatic N) is 1. The molecular formula is C6H8N2O. The van der Waals surface area contributed by atoms with E-state index in [1.165, 1.54) is 0 Å². The molecular weight excluding hydrogens is 116 g/mol. The topological polar surface area (TPSA) is 66.9 Å². The second-order valence-electron chi connectivity index (χ2n) is 2.37. The molecule has 1 aliphatic rings. The van der Waals surface area contributed by atoms with Crippen molar-refractivity contribution >= 4 is 5.91 Å². The van der Waals surface area contributed by atoms with Crippen LogP contribution in [0, 0.1) is 23.2 Å².